The third kappa shape index (κ3) is 1.51. The summed E-state index contributed by atoms with van der Waals surface area (Å²) in [5.74, 6) is 0.181. The highest BCUT2D eigenvalue weighted by Crippen LogP contribution is 2.63. The molecule has 1 spiro atoms. The van der Waals surface area contributed by atoms with Crippen LogP contribution in [0.4, 0.5) is 5.82 Å². The van der Waals surface area contributed by atoms with Crippen LogP contribution < -0.4 is 5.32 Å². The zero-order valence-corrected chi connectivity index (χ0v) is 11.1. The Morgan fingerprint density at radius 1 is 1.40 bits per heavy atom. The number of hydrogen-bond donors (Lipinski definition) is 2. The quantitative estimate of drug-likeness (QED) is 0.870. The lowest BCUT2D eigenvalue weighted by atomic mass is 9.46. The molecule has 3 aliphatic rings. The van der Waals surface area contributed by atoms with E-state index in [1.54, 1.807) is 0 Å². The monoisotopic (exact) mass is 275 g/mol. The zero-order chi connectivity index (χ0) is 13.7. The summed E-state index contributed by atoms with van der Waals surface area (Å²) >= 11 is 0. The van der Waals surface area contributed by atoms with Gasteiger partial charge in [0.05, 0.1) is 18.5 Å². The number of rotatable bonds is 3. The molecule has 3 atom stereocenters. The molecule has 4 rings (SSSR count). The minimum absolute atomic E-state index is 0.0235. The number of fused-ring (bicyclic) bond motifs is 2. The largest absolute Gasteiger partial charge is 0.476 e. The van der Waals surface area contributed by atoms with Gasteiger partial charge in [0.2, 0.25) is 0 Å². The number of anilines is 1. The number of carbonyl (C=O) groups is 1. The molecule has 1 aliphatic heterocycles. The molecule has 2 saturated carbocycles. The van der Waals surface area contributed by atoms with Gasteiger partial charge in [-0.25, -0.2) is 14.8 Å². The van der Waals surface area contributed by atoms with E-state index in [0.717, 1.165) is 13.0 Å². The minimum atomic E-state index is -1.05. The normalized spacial score (nSPS) is 33.1. The molecule has 6 heteroatoms. The van der Waals surface area contributed by atoms with Crippen LogP contribution in [0, 0.1) is 11.3 Å². The van der Waals surface area contributed by atoms with Gasteiger partial charge < -0.3 is 15.2 Å². The van der Waals surface area contributed by atoms with Gasteiger partial charge in [-0.1, -0.05) is 6.42 Å². The van der Waals surface area contributed by atoms with E-state index in [0.29, 0.717) is 23.9 Å². The average Bonchev–Trinajstić information content (AvgIpc) is 2.80. The highest BCUT2D eigenvalue weighted by Gasteiger charge is 2.66. The maximum Gasteiger partial charge on any atom is 0.356 e. The van der Waals surface area contributed by atoms with Crippen molar-refractivity contribution in [2.24, 2.45) is 11.3 Å². The van der Waals surface area contributed by atoms with E-state index < -0.39 is 5.97 Å². The van der Waals surface area contributed by atoms with Crippen molar-refractivity contribution >= 4 is 11.8 Å². The third-order valence-electron chi connectivity index (χ3n) is 5.21. The summed E-state index contributed by atoms with van der Waals surface area (Å²) in [4.78, 5) is 18.8. The van der Waals surface area contributed by atoms with E-state index in [1.807, 2.05) is 0 Å². The maximum absolute atomic E-state index is 10.8. The van der Waals surface area contributed by atoms with Gasteiger partial charge in [-0.2, -0.15) is 0 Å². The lowest BCUT2D eigenvalue weighted by Gasteiger charge is -2.63. The molecule has 3 fully saturated rings. The van der Waals surface area contributed by atoms with Crippen LogP contribution in [0.5, 0.6) is 0 Å². The number of aromatic nitrogens is 2. The Bertz CT molecular complexity index is 541. The molecule has 6 nitrogen and oxygen atoms in total. The SMILES string of the molecule is O=C(O)c1cnc(NC2C3CCOC3C23CCC3)cn1. The molecule has 0 amide bonds. The van der Waals surface area contributed by atoms with Crippen molar-refractivity contribution in [2.75, 3.05) is 11.9 Å². The molecule has 1 saturated heterocycles. The van der Waals surface area contributed by atoms with Gasteiger partial charge >= 0.3 is 5.97 Å². The Balaban J connectivity index is 1.52. The smallest absolute Gasteiger partial charge is 0.356 e. The predicted octanol–water partition coefficient (Wildman–Crippen LogP) is 1.54. The molecule has 2 aliphatic carbocycles. The van der Waals surface area contributed by atoms with Crippen LogP contribution in [0.1, 0.15) is 36.2 Å². The van der Waals surface area contributed by atoms with E-state index >= 15 is 0 Å². The van der Waals surface area contributed by atoms with E-state index in [2.05, 4.69) is 15.3 Å². The lowest BCUT2D eigenvalue weighted by Crippen LogP contribution is -2.68. The number of nitrogens with one attached hydrogen (secondary N) is 1. The second-order valence-electron chi connectivity index (χ2n) is 6.04. The first-order chi connectivity index (χ1) is 9.71. The number of carboxylic acids is 1. The standard InChI is InChI=1S/C14H17N3O3/c18-13(19)9-6-16-10(7-15-9)17-11-8-2-5-20-12(8)14(11)3-1-4-14/h6-8,11-12H,1-5H2,(H,16,17)(H,18,19). The van der Waals surface area contributed by atoms with E-state index in [9.17, 15) is 4.79 Å². The molecule has 106 valence electrons. The first-order valence-electron chi connectivity index (χ1n) is 7.14. The van der Waals surface area contributed by atoms with E-state index in [1.165, 1.54) is 31.7 Å². The van der Waals surface area contributed by atoms with Gasteiger partial charge in [0.15, 0.2) is 5.69 Å². The molecule has 0 radical (unpaired) electrons. The number of hydrogen-bond acceptors (Lipinski definition) is 5. The van der Waals surface area contributed by atoms with Crippen LogP contribution in [0.2, 0.25) is 0 Å². The molecule has 3 unspecified atom stereocenters. The molecule has 2 N–H and O–H groups in total. The Morgan fingerprint density at radius 2 is 2.25 bits per heavy atom. The van der Waals surface area contributed by atoms with Crippen molar-refractivity contribution in [1.82, 2.24) is 9.97 Å². The fourth-order valence-corrected chi connectivity index (χ4v) is 4.13. The van der Waals surface area contributed by atoms with Crippen LogP contribution in [0.3, 0.4) is 0 Å². The summed E-state index contributed by atoms with van der Waals surface area (Å²) in [6.45, 7) is 0.860. The number of nitrogens with zero attached hydrogens (tertiary/aromatic N) is 2. The zero-order valence-electron chi connectivity index (χ0n) is 11.1. The second-order valence-corrected chi connectivity index (χ2v) is 6.04. The molecule has 20 heavy (non-hydrogen) atoms. The van der Waals surface area contributed by atoms with Crippen molar-refractivity contribution in [3.63, 3.8) is 0 Å². The van der Waals surface area contributed by atoms with Crippen LogP contribution in [0.15, 0.2) is 12.4 Å². The third-order valence-corrected chi connectivity index (χ3v) is 5.21. The summed E-state index contributed by atoms with van der Waals surface area (Å²) in [6.07, 6.45) is 8.04. The van der Waals surface area contributed by atoms with E-state index in [4.69, 9.17) is 9.84 Å². The van der Waals surface area contributed by atoms with Gasteiger partial charge in [-0.15, -0.1) is 0 Å². The molecule has 2 heterocycles. The molecule has 1 aromatic rings. The van der Waals surface area contributed by atoms with Crippen molar-refractivity contribution in [3.8, 4) is 0 Å². The number of ether oxygens (including phenoxy) is 1. The van der Waals surface area contributed by atoms with Gasteiger partial charge in [0, 0.05) is 24.0 Å². The number of aromatic carboxylic acids is 1. The van der Waals surface area contributed by atoms with Crippen molar-refractivity contribution < 1.29 is 14.6 Å². The van der Waals surface area contributed by atoms with Crippen molar-refractivity contribution in [2.45, 2.75) is 37.8 Å². The van der Waals surface area contributed by atoms with Gasteiger partial charge in [-0.05, 0) is 19.3 Å². The van der Waals surface area contributed by atoms with Gasteiger partial charge in [0.25, 0.3) is 0 Å². The molecule has 1 aromatic heterocycles. The van der Waals surface area contributed by atoms with Crippen molar-refractivity contribution in [3.05, 3.63) is 18.1 Å². The average molecular weight is 275 g/mol. The molecule has 0 aromatic carbocycles. The highest BCUT2D eigenvalue weighted by atomic mass is 16.5. The second kappa shape index (κ2) is 4.15. The number of carboxylic acid groups (broad SMARTS) is 1. The van der Waals surface area contributed by atoms with Crippen LogP contribution in [0.25, 0.3) is 0 Å². The Hall–Kier alpha value is -1.69. The van der Waals surface area contributed by atoms with Gasteiger partial charge in [0.1, 0.15) is 5.82 Å². The topological polar surface area (TPSA) is 84.3 Å². The summed E-state index contributed by atoms with van der Waals surface area (Å²) in [6, 6.07) is 0.397. The fourth-order valence-electron chi connectivity index (χ4n) is 4.13. The summed E-state index contributed by atoms with van der Waals surface area (Å²) in [5, 5.41) is 12.3. The van der Waals surface area contributed by atoms with Crippen LogP contribution >= 0.6 is 0 Å². The first-order valence-corrected chi connectivity index (χ1v) is 7.14. The Labute approximate surface area is 116 Å². The molecule has 0 bridgehead atoms. The van der Waals surface area contributed by atoms with Crippen molar-refractivity contribution in [1.29, 1.82) is 0 Å². The first kappa shape index (κ1) is 12.1. The minimum Gasteiger partial charge on any atom is -0.476 e. The summed E-state index contributed by atoms with van der Waals surface area (Å²) in [7, 11) is 0. The Morgan fingerprint density at radius 3 is 2.85 bits per heavy atom. The van der Waals surface area contributed by atoms with Crippen LogP contribution in [-0.2, 0) is 4.74 Å². The molecular weight excluding hydrogens is 258 g/mol. The highest BCUT2D eigenvalue weighted by molar-refractivity contribution is 5.84. The molecular formula is C14H17N3O3. The maximum atomic E-state index is 10.8. The predicted molar refractivity (Wildman–Crippen MR) is 70.5 cm³/mol. The summed E-state index contributed by atoms with van der Waals surface area (Å²) in [5.41, 5.74) is 0.263. The summed E-state index contributed by atoms with van der Waals surface area (Å²) < 4.78 is 5.87. The van der Waals surface area contributed by atoms with Gasteiger partial charge in [-0.3, -0.25) is 0 Å². The lowest BCUT2D eigenvalue weighted by molar-refractivity contribution is -0.158. The van der Waals surface area contributed by atoms with Crippen LogP contribution in [-0.4, -0.2) is 39.8 Å². The fraction of sp³-hybridized carbons (Fsp3) is 0.643. The Kier molecular flexibility index (Phi) is 2.51. The van der Waals surface area contributed by atoms with E-state index in [-0.39, 0.29) is 11.1 Å².